The summed E-state index contributed by atoms with van der Waals surface area (Å²) in [6.45, 7) is 7.99. The molecular formula is C12H22N4O. The number of carbonyl (C=O) groups is 1. The summed E-state index contributed by atoms with van der Waals surface area (Å²) in [4.78, 5) is 19.1. The number of amides is 1. The Morgan fingerprint density at radius 2 is 2.12 bits per heavy atom. The normalized spacial score (nSPS) is 12.5. The molecule has 0 atom stereocenters. The van der Waals surface area contributed by atoms with Gasteiger partial charge in [-0.05, 0) is 27.7 Å². The molecule has 5 heteroatoms. The number of hydrogen-bond donors (Lipinski definition) is 3. The number of nitrogens with zero attached hydrogens (tertiary/aromatic N) is 1. The quantitative estimate of drug-likeness (QED) is 0.710. The number of rotatable bonds is 5. The van der Waals surface area contributed by atoms with Crippen LogP contribution in [0.4, 0.5) is 0 Å². The molecule has 1 amide bonds. The maximum absolute atomic E-state index is 12.0. The van der Waals surface area contributed by atoms with E-state index in [1.165, 1.54) is 0 Å². The minimum Gasteiger partial charge on any atom is -0.355 e. The molecule has 0 saturated heterocycles. The van der Waals surface area contributed by atoms with E-state index in [-0.39, 0.29) is 5.91 Å². The van der Waals surface area contributed by atoms with Gasteiger partial charge in [0.05, 0.1) is 5.41 Å². The van der Waals surface area contributed by atoms with Crippen molar-refractivity contribution >= 4 is 5.91 Å². The van der Waals surface area contributed by atoms with Crippen LogP contribution in [0.15, 0.2) is 12.4 Å². The van der Waals surface area contributed by atoms with Crippen LogP contribution in [0.2, 0.25) is 0 Å². The minimum atomic E-state index is -0.601. The van der Waals surface area contributed by atoms with Crippen LogP contribution >= 0.6 is 0 Å². The summed E-state index contributed by atoms with van der Waals surface area (Å²) >= 11 is 0. The average Bonchev–Trinajstić information content (AvgIpc) is 2.68. The molecule has 0 aromatic carbocycles. The summed E-state index contributed by atoms with van der Waals surface area (Å²) < 4.78 is 0. The van der Waals surface area contributed by atoms with Crippen LogP contribution in [0, 0.1) is 5.41 Å². The third-order valence-corrected chi connectivity index (χ3v) is 3.38. The Balaban J connectivity index is 2.45. The number of imidazole rings is 1. The van der Waals surface area contributed by atoms with Gasteiger partial charge in [-0.2, -0.15) is 0 Å². The van der Waals surface area contributed by atoms with E-state index in [1.54, 1.807) is 12.4 Å². The van der Waals surface area contributed by atoms with Crippen LogP contribution in [-0.2, 0) is 11.2 Å². The van der Waals surface area contributed by atoms with Gasteiger partial charge in [-0.25, -0.2) is 4.98 Å². The van der Waals surface area contributed by atoms with Gasteiger partial charge in [-0.1, -0.05) is 0 Å². The SMILES string of the molecule is CC(C)(N)C(C)(C)C(=O)NCCc1ncc[nH]1. The summed E-state index contributed by atoms with van der Waals surface area (Å²) in [5.74, 6) is 0.840. The van der Waals surface area contributed by atoms with Crippen molar-refractivity contribution in [3.63, 3.8) is 0 Å². The molecule has 4 N–H and O–H groups in total. The van der Waals surface area contributed by atoms with E-state index in [9.17, 15) is 4.79 Å². The summed E-state index contributed by atoms with van der Waals surface area (Å²) in [6.07, 6.45) is 4.16. The summed E-state index contributed by atoms with van der Waals surface area (Å²) in [5, 5.41) is 2.89. The molecule has 1 heterocycles. The fourth-order valence-electron chi connectivity index (χ4n) is 1.24. The zero-order valence-electron chi connectivity index (χ0n) is 11.0. The van der Waals surface area contributed by atoms with Gasteiger partial charge >= 0.3 is 0 Å². The lowest BCUT2D eigenvalue weighted by Crippen LogP contribution is -2.55. The van der Waals surface area contributed by atoms with Gasteiger partial charge in [0.2, 0.25) is 5.91 Å². The van der Waals surface area contributed by atoms with Crippen molar-refractivity contribution in [2.45, 2.75) is 39.7 Å². The van der Waals surface area contributed by atoms with Gasteiger partial charge < -0.3 is 16.0 Å². The average molecular weight is 238 g/mol. The summed E-state index contributed by atoms with van der Waals surface area (Å²) in [6, 6.07) is 0. The molecule has 1 aromatic rings. The molecule has 1 aromatic heterocycles. The fraction of sp³-hybridized carbons (Fsp3) is 0.667. The largest absolute Gasteiger partial charge is 0.355 e. The lowest BCUT2D eigenvalue weighted by atomic mass is 9.74. The van der Waals surface area contributed by atoms with Gasteiger partial charge in [-0.3, -0.25) is 4.79 Å². The molecule has 0 aliphatic rings. The second-order valence-electron chi connectivity index (χ2n) is 5.39. The Morgan fingerprint density at radius 3 is 2.59 bits per heavy atom. The molecule has 17 heavy (non-hydrogen) atoms. The van der Waals surface area contributed by atoms with Crippen molar-refractivity contribution in [1.29, 1.82) is 0 Å². The van der Waals surface area contributed by atoms with Crippen molar-refractivity contribution in [1.82, 2.24) is 15.3 Å². The van der Waals surface area contributed by atoms with E-state index in [0.717, 1.165) is 5.82 Å². The lowest BCUT2D eigenvalue weighted by Gasteiger charge is -2.36. The number of nitrogens with two attached hydrogens (primary N) is 1. The van der Waals surface area contributed by atoms with Crippen molar-refractivity contribution in [3.05, 3.63) is 18.2 Å². The molecule has 1 rings (SSSR count). The molecule has 0 spiro atoms. The maximum Gasteiger partial charge on any atom is 0.227 e. The predicted molar refractivity (Wildman–Crippen MR) is 67.3 cm³/mol. The van der Waals surface area contributed by atoms with Gasteiger partial charge in [-0.15, -0.1) is 0 Å². The first-order chi connectivity index (χ1) is 7.75. The second-order valence-corrected chi connectivity index (χ2v) is 5.39. The topological polar surface area (TPSA) is 83.8 Å². The Bertz CT molecular complexity index is 362. The molecule has 0 fully saturated rings. The molecule has 96 valence electrons. The molecule has 5 nitrogen and oxygen atoms in total. The highest BCUT2D eigenvalue weighted by Crippen LogP contribution is 2.28. The number of carbonyl (C=O) groups excluding carboxylic acids is 1. The van der Waals surface area contributed by atoms with E-state index < -0.39 is 11.0 Å². The summed E-state index contributed by atoms with van der Waals surface area (Å²) in [7, 11) is 0. The molecule has 0 saturated carbocycles. The van der Waals surface area contributed by atoms with Gasteiger partial charge in [0.1, 0.15) is 5.82 Å². The van der Waals surface area contributed by atoms with Gasteiger partial charge in [0, 0.05) is 30.9 Å². The van der Waals surface area contributed by atoms with Gasteiger partial charge in [0.15, 0.2) is 0 Å². The molecular weight excluding hydrogens is 216 g/mol. The number of H-pyrrole nitrogens is 1. The van der Waals surface area contributed by atoms with Crippen molar-refractivity contribution in [2.24, 2.45) is 11.1 Å². The number of aromatic nitrogens is 2. The Kier molecular flexibility index (Phi) is 3.93. The third-order valence-electron chi connectivity index (χ3n) is 3.38. The van der Waals surface area contributed by atoms with E-state index >= 15 is 0 Å². The smallest absolute Gasteiger partial charge is 0.227 e. The highest BCUT2D eigenvalue weighted by molar-refractivity contribution is 5.83. The van der Waals surface area contributed by atoms with Crippen molar-refractivity contribution in [3.8, 4) is 0 Å². The molecule has 0 aliphatic carbocycles. The standard InChI is InChI=1S/C12H22N4O/c1-11(2,12(3,4)13)10(17)16-6-5-9-14-7-8-15-9/h7-8H,5-6,13H2,1-4H3,(H,14,15)(H,16,17). The first-order valence-corrected chi connectivity index (χ1v) is 5.80. The zero-order chi connectivity index (χ0) is 13.1. The van der Waals surface area contributed by atoms with Crippen LogP contribution < -0.4 is 11.1 Å². The second kappa shape index (κ2) is 4.87. The number of hydrogen-bond acceptors (Lipinski definition) is 3. The first-order valence-electron chi connectivity index (χ1n) is 5.80. The lowest BCUT2D eigenvalue weighted by molar-refractivity contribution is -0.132. The van der Waals surface area contributed by atoms with E-state index in [1.807, 2.05) is 27.7 Å². The van der Waals surface area contributed by atoms with E-state index in [0.29, 0.717) is 13.0 Å². The van der Waals surface area contributed by atoms with Gasteiger partial charge in [0.25, 0.3) is 0 Å². The minimum absolute atomic E-state index is 0.0310. The zero-order valence-corrected chi connectivity index (χ0v) is 11.0. The third kappa shape index (κ3) is 3.30. The fourth-order valence-corrected chi connectivity index (χ4v) is 1.24. The molecule has 0 aliphatic heterocycles. The van der Waals surface area contributed by atoms with Crippen LogP contribution in [0.3, 0.4) is 0 Å². The Hall–Kier alpha value is -1.36. The number of nitrogens with one attached hydrogen (secondary N) is 2. The predicted octanol–water partition coefficient (Wildman–Crippen LogP) is 0.832. The van der Waals surface area contributed by atoms with Crippen molar-refractivity contribution in [2.75, 3.05) is 6.54 Å². The van der Waals surface area contributed by atoms with Crippen LogP contribution in [0.5, 0.6) is 0 Å². The Morgan fingerprint density at radius 1 is 1.47 bits per heavy atom. The maximum atomic E-state index is 12.0. The highest BCUT2D eigenvalue weighted by atomic mass is 16.2. The van der Waals surface area contributed by atoms with E-state index in [2.05, 4.69) is 15.3 Å². The molecule has 0 bridgehead atoms. The molecule has 0 radical (unpaired) electrons. The molecule has 0 unspecified atom stereocenters. The van der Waals surface area contributed by atoms with Crippen molar-refractivity contribution < 1.29 is 4.79 Å². The monoisotopic (exact) mass is 238 g/mol. The highest BCUT2D eigenvalue weighted by Gasteiger charge is 2.40. The van der Waals surface area contributed by atoms with Crippen LogP contribution in [-0.4, -0.2) is 28.0 Å². The van der Waals surface area contributed by atoms with E-state index in [4.69, 9.17) is 5.73 Å². The summed E-state index contributed by atoms with van der Waals surface area (Å²) in [5.41, 5.74) is 4.85. The van der Waals surface area contributed by atoms with Crippen LogP contribution in [0.25, 0.3) is 0 Å². The first kappa shape index (κ1) is 13.7. The Labute approximate surface area is 102 Å². The number of aromatic amines is 1. The van der Waals surface area contributed by atoms with Crippen LogP contribution in [0.1, 0.15) is 33.5 Å².